The number of carbonyl (C=O) groups excluding carboxylic acids is 1. The number of nitrogens with one attached hydrogen (secondary N) is 2. The van der Waals surface area contributed by atoms with E-state index in [2.05, 4.69) is 10.6 Å². The highest BCUT2D eigenvalue weighted by atomic mass is 16.5. The zero-order valence-corrected chi connectivity index (χ0v) is 10.2. The number of aliphatic hydroxyl groups is 1. The first kappa shape index (κ1) is 12.8. The molecule has 0 spiro atoms. The number of rotatable bonds is 3. The van der Waals surface area contributed by atoms with Gasteiger partial charge < -0.3 is 20.5 Å². The molecule has 2 aliphatic heterocycles. The van der Waals surface area contributed by atoms with Crippen molar-refractivity contribution in [2.24, 2.45) is 0 Å². The van der Waals surface area contributed by atoms with Crippen molar-refractivity contribution in [3.8, 4) is 0 Å². The van der Waals surface area contributed by atoms with Gasteiger partial charge in [0.2, 0.25) is 5.91 Å². The molecule has 0 saturated carbocycles. The normalized spacial score (nSPS) is 28.6. The summed E-state index contributed by atoms with van der Waals surface area (Å²) in [5, 5.41) is 16.3. The summed E-state index contributed by atoms with van der Waals surface area (Å²) in [6.07, 6.45) is 4.35. The predicted octanol–water partition coefficient (Wildman–Crippen LogP) is -0.214. The quantitative estimate of drug-likeness (QED) is 0.640. The standard InChI is InChI=1S/C12H22N2O3/c15-11(10-3-1-2-6-13-10)14-9-12(16)4-7-17-8-5-12/h10,13,16H,1-9H2,(H,14,15). The Morgan fingerprint density at radius 2 is 2.18 bits per heavy atom. The average molecular weight is 242 g/mol. The molecule has 2 rings (SSSR count). The average Bonchev–Trinajstić information content (AvgIpc) is 2.38. The van der Waals surface area contributed by atoms with Gasteiger partial charge in [-0.25, -0.2) is 0 Å². The van der Waals surface area contributed by atoms with E-state index >= 15 is 0 Å². The molecule has 2 saturated heterocycles. The minimum atomic E-state index is -0.775. The van der Waals surface area contributed by atoms with Gasteiger partial charge in [0.1, 0.15) is 0 Å². The molecule has 98 valence electrons. The second-order valence-corrected chi connectivity index (χ2v) is 5.06. The van der Waals surface area contributed by atoms with Crippen LogP contribution in [0.15, 0.2) is 0 Å². The number of carbonyl (C=O) groups is 1. The summed E-state index contributed by atoms with van der Waals surface area (Å²) < 4.78 is 5.20. The Morgan fingerprint density at radius 1 is 1.41 bits per heavy atom. The molecule has 0 radical (unpaired) electrons. The molecule has 0 bridgehead atoms. The highest BCUT2D eigenvalue weighted by Gasteiger charge is 2.31. The lowest BCUT2D eigenvalue weighted by molar-refractivity contribution is -0.126. The second-order valence-electron chi connectivity index (χ2n) is 5.06. The van der Waals surface area contributed by atoms with Crippen molar-refractivity contribution in [2.45, 2.75) is 43.7 Å². The van der Waals surface area contributed by atoms with Crippen LogP contribution >= 0.6 is 0 Å². The molecule has 5 heteroatoms. The fourth-order valence-corrected chi connectivity index (χ4v) is 2.38. The maximum absolute atomic E-state index is 11.9. The number of amides is 1. The molecule has 1 amide bonds. The molecule has 2 aliphatic rings. The third-order valence-corrected chi connectivity index (χ3v) is 3.64. The molecule has 17 heavy (non-hydrogen) atoms. The minimum Gasteiger partial charge on any atom is -0.388 e. The van der Waals surface area contributed by atoms with Gasteiger partial charge in [0, 0.05) is 32.6 Å². The molecule has 0 aromatic rings. The smallest absolute Gasteiger partial charge is 0.237 e. The maximum atomic E-state index is 11.9. The number of hydrogen-bond donors (Lipinski definition) is 3. The Labute approximate surface area is 102 Å². The summed E-state index contributed by atoms with van der Waals surface area (Å²) in [7, 11) is 0. The number of hydrogen-bond acceptors (Lipinski definition) is 4. The molecule has 1 unspecified atom stereocenters. The minimum absolute atomic E-state index is 0.0182. The van der Waals surface area contributed by atoms with E-state index in [0.29, 0.717) is 32.6 Å². The van der Waals surface area contributed by atoms with Crippen LogP contribution in [0.4, 0.5) is 0 Å². The first-order valence-corrected chi connectivity index (χ1v) is 6.51. The van der Waals surface area contributed by atoms with E-state index in [0.717, 1.165) is 25.8 Å². The van der Waals surface area contributed by atoms with Crippen LogP contribution in [-0.2, 0) is 9.53 Å². The van der Waals surface area contributed by atoms with Gasteiger partial charge >= 0.3 is 0 Å². The Bertz CT molecular complexity index is 258. The molecule has 0 aliphatic carbocycles. The summed E-state index contributed by atoms with van der Waals surface area (Å²) in [6, 6.07) is -0.0767. The Kier molecular flexibility index (Phi) is 4.36. The van der Waals surface area contributed by atoms with Crippen LogP contribution in [0.25, 0.3) is 0 Å². The zero-order chi connectivity index (χ0) is 12.1. The second kappa shape index (κ2) is 5.80. The van der Waals surface area contributed by atoms with Gasteiger partial charge in [-0.15, -0.1) is 0 Å². The van der Waals surface area contributed by atoms with Gasteiger partial charge in [0.15, 0.2) is 0 Å². The van der Waals surface area contributed by atoms with E-state index in [1.165, 1.54) is 0 Å². The Balaban J connectivity index is 1.74. The lowest BCUT2D eigenvalue weighted by Crippen LogP contribution is -2.52. The van der Waals surface area contributed by atoms with Crippen molar-refractivity contribution in [1.82, 2.24) is 10.6 Å². The van der Waals surface area contributed by atoms with E-state index in [1.54, 1.807) is 0 Å². The molecule has 0 aromatic heterocycles. The van der Waals surface area contributed by atoms with Crippen molar-refractivity contribution in [3.05, 3.63) is 0 Å². The van der Waals surface area contributed by atoms with Crippen LogP contribution < -0.4 is 10.6 Å². The lowest BCUT2D eigenvalue weighted by atomic mass is 9.94. The highest BCUT2D eigenvalue weighted by Crippen LogP contribution is 2.19. The van der Waals surface area contributed by atoms with E-state index < -0.39 is 5.60 Å². The van der Waals surface area contributed by atoms with Gasteiger partial charge in [-0.05, 0) is 19.4 Å². The third-order valence-electron chi connectivity index (χ3n) is 3.64. The van der Waals surface area contributed by atoms with Gasteiger partial charge in [0.25, 0.3) is 0 Å². The van der Waals surface area contributed by atoms with Crippen LogP contribution in [0.2, 0.25) is 0 Å². The molecule has 3 N–H and O–H groups in total. The molecule has 1 atom stereocenters. The van der Waals surface area contributed by atoms with E-state index in [9.17, 15) is 9.90 Å². The van der Waals surface area contributed by atoms with E-state index in [1.807, 2.05) is 0 Å². The topological polar surface area (TPSA) is 70.6 Å². The molecular formula is C12H22N2O3. The fraction of sp³-hybridized carbons (Fsp3) is 0.917. The van der Waals surface area contributed by atoms with Crippen LogP contribution in [0.3, 0.4) is 0 Å². The number of piperidine rings is 1. The summed E-state index contributed by atoms with van der Waals surface area (Å²) in [6.45, 7) is 2.41. The first-order chi connectivity index (χ1) is 8.20. The zero-order valence-electron chi connectivity index (χ0n) is 10.2. The Hall–Kier alpha value is -0.650. The summed E-state index contributed by atoms with van der Waals surface area (Å²) in [5.74, 6) is 0.0182. The van der Waals surface area contributed by atoms with Crippen LogP contribution in [0, 0.1) is 0 Å². The summed E-state index contributed by atoms with van der Waals surface area (Å²) in [4.78, 5) is 11.9. The largest absolute Gasteiger partial charge is 0.388 e. The van der Waals surface area contributed by atoms with Crippen LogP contribution in [-0.4, -0.2) is 49.0 Å². The van der Waals surface area contributed by atoms with Crippen molar-refractivity contribution in [1.29, 1.82) is 0 Å². The van der Waals surface area contributed by atoms with Crippen molar-refractivity contribution in [3.63, 3.8) is 0 Å². The third kappa shape index (κ3) is 3.66. The summed E-state index contributed by atoms with van der Waals surface area (Å²) >= 11 is 0. The monoisotopic (exact) mass is 242 g/mol. The van der Waals surface area contributed by atoms with Gasteiger partial charge in [-0.3, -0.25) is 4.79 Å². The van der Waals surface area contributed by atoms with Gasteiger partial charge in [-0.1, -0.05) is 6.42 Å². The molecule has 0 aromatic carbocycles. The highest BCUT2D eigenvalue weighted by molar-refractivity contribution is 5.81. The Morgan fingerprint density at radius 3 is 2.82 bits per heavy atom. The van der Waals surface area contributed by atoms with Gasteiger partial charge in [-0.2, -0.15) is 0 Å². The SMILES string of the molecule is O=C(NCC1(O)CCOCC1)C1CCCCN1. The van der Waals surface area contributed by atoms with E-state index in [4.69, 9.17) is 4.74 Å². The van der Waals surface area contributed by atoms with Gasteiger partial charge in [0.05, 0.1) is 11.6 Å². The van der Waals surface area contributed by atoms with Crippen molar-refractivity contribution in [2.75, 3.05) is 26.3 Å². The molecule has 5 nitrogen and oxygen atoms in total. The van der Waals surface area contributed by atoms with Crippen molar-refractivity contribution >= 4 is 5.91 Å². The molecular weight excluding hydrogens is 220 g/mol. The summed E-state index contributed by atoms with van der Waals surface area (Å²) in [5.41, 5.74) is -0.775. The predicted molar refractivity (Wildman–Crippen MR) is 63.7 cm³/mol. The maximum Gasteiger partial charge on any atom is 0.237 e. The lowest BCUT2D eigenvalue weighted by Gasteiger charge is -2.33. The fourth-order valence-electron chi connectivity index (χ4n) is 2.38. The molecule has 2 fully saturated rings. The molecule has 2 heterocycles. The van der Waals surface area contributed by atoms with Crippen LogP contribution in [0.5, 0.6) is 0 Å². The van der Waals surface area contributed by atoms with Crippen molar-refractivity contribution < 1.29 is 14.6 Å². The van der Waals surface area contributed by atoms with E-state index in [-0.39, 0.29) is 11.9 Å². The first-order valence-electron chi connectivity index (χ1n) is 6.51. The number of ether oxygens (including phenoxy) is 1. The van der Waals surface area contributed by atoms with Crippen LogP contribution in [0.1, 0.15) is 32.1 Å².